The van der Waals surface area contributed by atoms with Crippen LogP contribution in [-0.4, -0.2) is 32.6 Å². The first-order valence-corrected chi connectivity index (χ1v) is 8.42. The number of carbonyl (C=O) groups is 2. The first kappa shape index (κ1) is 14.7. The van der Waals surface area contributed by atoms with E-state index in [0.29, 0.717) is 9.47 Å². The van der Waals surface area contributed by atoms with Crippen LogP contribution in [0.4, 0.5) is 4.79 Å². The summed E-state index contributed by atoms with van der Waals surface area (Å²) in [6.07, 6.45) is 6.87. The molecule has 0 unspecified atom stereocenters. The molecule has 1 saturated carbocycles. The topological polar surface area (TPSA) is 75.2 Å². The van der Waals surface area contributed by atoms with Crippen molar-refractivity contribution in [3.05, 3.63) is 9.47 Å². The van der Waals surface area contributed by atoms with Crippen molar-refractivity contribution in [1.82, 2.24) is 20.4 Å². The number of rotatable bonds is 2. The molecule has 1 spiro atoms. The predicted octanol–water partition coefficient (Wildman–Crippen LogP) is 2.73. The molecule has 2 aliphatic rings. The summed E-state index contributed by atoms with van der Waals surface area (Å²) in [6.45, 7) is 0.150. The minimum atomic E-state index is -0.702. The van der Waals surface area contributed by atoms with Gasteiger partial charge in [-0.3, -0.25) is 9.69 Å². The second-order valence-electron chi connectivity index (χ2n) is 5.62. The first-order chi connectivity index (χ1) is 10.1. The van der Waals surface area contributed by atoms with Crippen LogP contribution in [0, 0.1) is 0 Å². The summed E-state index contributed by atoms with van der Waals surface area (Å²) in [5, 5.41) is 11.1. The van der Waals surface area contributed by atoms with Gasteiger partial charge in [-0.1, -0.05) is 43.4 Å². The van der Waals surface area contributed by atoms with Gasteiger partial charge in [0.25, 0.3) is 5.91 Å². The third-order valence-electron chi connectivity index (χ3n) is 4.19. The van der Waals surface area contributed by atoms with Gasteiger partial charge in [0.15, 0.2) is 0 Å². The van der Waals surface area contributed by atoms with Gasteiger partial charge in [0, 0.05) is 0 Å². The molecular formula is C13H17ClN4O2S. The Balaban J connectivity index is 1.77. The van der Waals surface area contributed by atoms with E-state index in [1.807, 2.05) is 0 Å². The molecule has 1 aliphatic heterocycles. The molecule has 6 nitrogen and oxygen atoms in total. The van der Waals surface area contributed by atoms with Crippen LogP contribution in [0.25, 0.3) is 0 Å². The van der Waals surface area contributed by atoms with Gasteiger partial charge in [0.1, 0.15) is 10.5 Å². The maximum absolute atomic E-state index is 12.7. The fourth-order valence-corrected chi connectivity index (χ4v) is 3.96. The lowest BCUT2D eigenvalue weighted by Crippen LogP contribution is -2.47. The Morgan fingerprint density at radius 3 is 2.43 bits per heavy atom. The lowest BCUT2D eigenvalue weighted by atomic mass is 9.84. The second-order valence-corrected chi connectivity index (χ2v) is 7.26. The molecule has 8 heteroatoms. The highest BCUT2D eigenvalue weighted by molar-refractivity contribution is 7.15. The molecular weight excluding hydrogens is 312 g/mol. The average molecular weight is 329 g/mol. The number of urea groups is 1. The number of aromatic nitrogens is 2. The van der Waals surface area contributed by atoms with E-state index in [9.17, 15) is 9.59 Å². The fourth-order valence-electron chi connectivity index (χ4n) is 3.10. The smallest absolute Gasteiger partial charge is 0.323 e. The number of carbonyl (C=O) groups excluding carboxylic acids is 2. The highest BCUT2D eigenvalue weighted by atomic mass is 35.5. The molecule has 0 aromatic carbocycles. The normalized spacial score (nSPS) is 22.2. The van der Waals surface area contributed by atoms with Gasteiger partial charge in [0.05, 0.1) is 6.54 Å². The Bertz CT molecular complexity index is 554. The van der Waals surface area contributed by atoms with Crippen molar-refractivity contribution in [3.63, 3.8) is 0 Å². The number of hydrogen-bond donors (Lipinski definition) is 1. The summed E-state index contributed by atoms with van der Waals surface area (Å²) >= 11 is 6.93. The van der Waals surface area contributed by atoms with Crippen molar-refractivity contribution in [1.29, 1.82) is 0 Å². The van der Waals surface area contributed by atoms with Gasteiger partial charge in [-0.05, 0) is 24.4 Å². The van der Waals surface area contributed by atoms with Crippen LogP contribution in [0.3, 0.4) is 0 Å². The van der Waals surface area contributed by atoms with Gasteiger partial charge in [-0.25, -0.2) is 4.79 Å². The van der Waals surface area contributed by atoms with Gasteiger partial charge >= 0.3 is 6.03 Å². The van der Waals surface area contributed by atoms with E-state index < -0.39 is 5.54 Å². The van der Waals surface area contributed by atoms with Crippen LogP contribution in [0.15, 0.2) is 0 Å². The summed E-state index contributed by atoms with van der Waals surface area (Å²) in [6, 6.07) is -0.327. The summed E-state index contributed by atoms with van der Waals surface area (Å²) in [4.78, 5) is 26.2. The Morgan fingerprint density at radius 2 is 1.81 bits per heavy atom. The first-order valence-electron chi connectivity index (χ1n) is 7.23. The molecule has 1 N–H and O–H groups in total. The number of imide groups is 1. The third kappa shape index (κ3) is 2.89. The van der Waals surface area contributed by atoms with Gasteiger partial charge in [0.2, 0.25) is 4.47 Å². The highest BCUT2D eigenvalue weighted by Crippen LogP contribution is 2.33. The van der Waals surface area contributed by atoms with Crippen molar-refractivity contribution >= 4 is 34.9 Å². The summed E-state index contributed by atoms with van der Waals surface area (Å²) < 4.78 is 0.317. The van der Waals surface area contributed by atoms with E-state index in [1.165, 1.54) is 22.7 Å². The lowest BCUT2D eigenvalue weighted by Gasteiger charge is -2.28. The molecule has 1 aliphatic carbocycles. The number of hydrogen-bond acceptors (Lipinski definition) is 5. The van der Waals surface area contributed by atoms with Crippen LogP contribution < -0.4 is 5.32 Å². The molecule has 3 amide bonds. The SMILES string of the molecule is O=C1NC2(CCCCCCC2)C(=O)N1Cc1nnc(Cl)s1. The zero-order chi connectivity index (χ0) is 14.9. The lowest BCUT2D eigenvalue weighted by molar-refractivity contribution is -0.132. The van der Waals surface area contributed by atoms with Crippen LogP contribution in [0.5, 0.6) is 0 Å². The Labute approximate surface area is 131 Å². The van der Waals surface area contributed by atoms with Crippen LogP contribution in [0.2, 0.25) is 4.47 Å². The molecule has 2 fully saturated rings. The Morgan fingerprint density at radius 1 is 1.14 bits per heavy atom. The molecule has 1 saturated heterocycles. The molecule has 114 valence electrons. The van der Waals surface area contributed by atoms with Crippen molar-refractivity contribution in [3.8, 4) is 0 Å². The molecule has 0 bridgehead atoms. The Kier molecular flexibility index (Phi) is 4.12. The maximum Gasteiger partial charge on any atom is 0.325 e. The van der Waals surface area contributed by atoms with E-state index in [2.05, 4.69) is 15.5 Å². The zero-order valence-electron chi connectivity index (χ0n) is 11.6. The highest BCUT2D eigenvalue weighted by Gasteiger charge is 2.50. The molecule has 1 aromatic rings. The molecule has 3 rings (SSSR count). The van der Waals surface area contributed by atoms with Crippen molar-refractivity contribution in [2.24, 2.45) is 0 Å². The molecule has 2 heterocycles. The van der Waals surface area contributed by atoms with Crippen LogP contribution in [-0.2, 0) is 11.3 Å². The second kappa shape index (κ2) is 5.88. The van der Waals surface area contributed by atoms with Crippen molar-refractivity contribution in [2.45, 2.75) is 57.0 Å². The monoisotopic (exact) mass is 328 g/mol. The largest absolute Gasteiger partial charge is 0.325 e. The summed E-state index contributed by atoms with van der Waals surface area (Å²) in [5.41, 5.74) is -0.702. The quantitative estimate of drug-likeness (QED) is 0.847. The molecule has 0 atom stereocenters. The van der Waals surface area contributed by atoms with E-state index in [0.717, 1.165) is 38.5 Å². The van der Waals surface area contributed by atoms with E-state index >= 15 is 0 Å². The zero-order valence-corrected chi connectivity index (χ0v) is 13.2. The molecule has 21 heavy (non-hydrogen) atoms. The van der Waals surface area contributed by atoms with Crippen molar-refractivity contribution < 1.29 is 9.59 Å². The van der Waals surface area contributed by atoms with Crippen LogP contribution >= 0.6 is 22.9 Å². The summed E-state index contributed by atoms with van der Waals surface area (Å²) in [5.74, 6) is -0.124. The Hall–Kier alpha value is -1.21. The minimum absolute atomic E-state index is 0.124. The summed E-state index contributed by atoms with van der Waals surface area (Å²) in [7, 11) is 0. The van der Waals surface area contributed by atoms with Crippen LogP contribution in [0.1, 0.15) is 50.0 Å². The average Bonchev–Trinajstić information content (AvgIpc) is 2.92. The number of halogens is 1. The van der Waals surface area contributed by atoms with Gasteiger partial charge in [-0.2, -0.15) is 0 Å². The van der Waals surface area contributed by atoms with Crippen molar-refractivity contribution in [2.75, 3.05) is 0 Å². The maximum atomic E-state index is 12.7. The number of amides is 3. The predicted molar refractivity (Wildman–Crippen MR) is 79.1 cm³/mol. The molecule has 1 aromatic heterocycles. The van der Waals surface area contributed by atoms with Gasteiger partial charge in [-0.15, -0.1) is 10.2 Å². The van der Waals surface area contributed by atoms with E-state index in [-0.39, 0.29) is 18.5 Å². The van der Waals surface area contributed by atoms with Gasteiger partial charge < -0.3 is 5.32 Å². The number of nitrogens with one attached hydrogen (secondary N) is 1. The standard InChI is InChI=1S/C13H17ClN4O2S/c14-11-17-16-9(21-11)8-18-10(19)13(15-12(18)20)6-4-2-1-3-5-7-13/h1-8H2,(H,15,20). The third-order valence-corrected chi connectivity index (χ3v) is 5.19. The minimum Gasteiger partial charge on any atom is -0.323 e. The number of nitrogens with zero attached hydrogens (tertiary/aromatic N) is 3. The molecule has 0 radical (unpaired) electrons. The fraction of sp³-hybridized carbons (Fsp3) is 0.692. The van der Waals surface area contributed by atoms with E-state index in [1.54, 1.807) is 0 Å². The van der Waals surface area contributed by atoms with E-state index in [4.69, 9.17) is 11.6 Å².